The van der Waals surface area contributed by atoms with Crippen LogP contribution in [0.3, 0.4) is 0 Å². The van der Waals surface area contributed by atoms with E-state index < -0.39 is 0 Å². The summed E-state index contributed by atoms with van der Waals surface area (Å²) >= 11 is 5.79. The van der Waals surface area contributed by atoms with E-state index in [1.165, 1.54) is 0 Å². The molecule has 0 aliphatic carbocycles. The molecule has 1 amide bonds. The quantitative estimate of drug-likeness (QED) is 0.520. The number of carbonyl (C=O) groups is 1. The van der Waals surface area contributed by atoms with Crippen LogP contribution in [0, 0.1) is 0 Å². The summed E-state index contributed by atoms with van der Waals surface area (Å²) in [7, 11) is 0. The van der Waals surface area contributed by atoms with E-state index in [9.17, 15) is 4.79 Å². The second-order valence-corrected chi connectivity index (χ2v) is 5.72. The topological polar surface area (TPSA) is 69.0 Å². The Morgan fingerprint density at radius 3 is 2.80 bits per heavy atom. The van der Waals surface area contributed by atoms with Crippen molar-refractivity contribution < 1.29 is 9.53 Å². The van der Waals surface area contributed by atoms with E-state index in [4.69, 9.17) is 16.3 Å². The van der Waals surface area contributed by atoms with Crippen molar-refractivity contribution in [1.29, 1.82) is 0 Å². The average Bonchev–Trinajstić information content (AvgIpc) is 3.07. The lowest BCUT2D eigenvalue weighted by Gasteiger charge is -2.04. The molecule has 2 heterocycles. The third kappa shape index (κ3) is 5.14. The molecule has 7 heteroatoms. The van der Waals surface area contributed by atoms with Gasteiger partial charge in [-0.1, -0.05) is 48.0 Å². The number of nitrogens with zero attached hydrogens (tertiary/aromatic N) is 3. The van der Waals surface area contributed by atoms with Crippen LogP contribution in [0.25, 0.3) is 0 Å². The summed E-state index contributed by atoms with van der Waals surface area (Å²) in [6, 6.07) is 14.9. The molecule has 128 valence electrons. The van der Waals surface area contributed by atoms with Crippen molar-refractivity contribution >= 4 is 23.2 Å². The highest BCUT2D eigenvalue weighted by Gasteiger charge is 2.09. The molecular formula is C18H17ClN4O2. The van der Waals surface area contributed by atoms with Crippen LogP contribution in [-0.4, -0.2) is 27.3 Å². The minimum absolute atomic E-state index is 0.256. The van der Waals surface area contributed by atoms with Crippen LogP contribution in [-0.2, 0) is 17.9 Å². The number of hydrogen-bond acceptors (Lipinski definition) is 4. The molecular weight excluding hydrogens is 340 g/mol. The Bertz CT molecular complexity index is 836. The lowest BCUT2D eigenvalue weighted by atomic mass is 10.2. The molecule has 0 fully saturated rings. The smallest absolute Gasteiger partial charge is 0.274 e. The van der Waals surface area contributed by atoms with E-state index in [0.717, 1.165) is 5.56 Å². The molecule has 0 spiro atoms. The standard InChI is InChI=1S/C18H17ClN4O2/c19-17-8-4-7-16(22-17)18(24)21-15-11-20-23(12-15)9-10-25-13-14-5-2-1-3-6-14/h1-8,11-12H,9-10,13H2,(H,21,24). The summed E-state index contributed by atoms with van der Waals surface area (Å²) < 4.78 is 7.34. The molecule has 6 nitrogen and oxygen atoms in total. The number of anilines is 1. The SMILES string of the molecule is O=C(Nc1cnn(CCOCc2ccccc2)c1)c1cccc(Cl)n1. The maximum atomic E-state index is 12.1. The van der Waals surface area contributed by atoms with Gasteiger partial charge in [-0.2, -0.15) is 5.10 Å². The highest BCUT2D eigenvalue weighted by Crippen LogP contribution is 2.10. The minimum Gasteiger partial charge on any atom is -0.375 e. The fourth-order valence-electron chi connectivity index (χ4n) is 2.20. The summed E-state index contributed by atoms with van der Waals surface area (Å²) in [5.41, 5.74) is 1.98. The van der Waals surface area contributed by atoms with E-state index in [1.54, 1.807) is 35.3 Å². The maximum absolute atomic E-state index is 12.1. The van der Waals surface area contributed by atoms with Crippen LogP contribution in [0.1, 0.15) is 16.1 Å². The summed E-state index contributed by atoms with van der Waals surface area (Å²) in [5.74, 6) is -0.331. The van der Waals surface area contributed by atoms with E-state index in [1.807, 2.05) is 30.3 Å². The van der Waals surface area contributed by atoms with Crippen LogP contribution in [0.2, 0.25) is 5.15 Å². The Morgan fingerprint density at radius 1 is 1.16 bits per heavy atom. The molecule has 3 aromatic rings. The molecule has 0 aliphatic rings. The molecule has 1 N–H and O–H groups in total. The van der Waals surface area contributed by atoms with Gasteiger partial charge in [-0.15, -0.1) is 0 Å². The Labute approximate surface area is 150 Å². The maximum Gasteiger partial charge on any atom is 0.274 e. The normalized spacial score (nSPS) is 10.6. The first-order chi connectivity index (χ1) is 12.2. The monoisotopic (exact) mass is 356 g/mol. The van der Waals surface area contributed by atoms with Gasteiger partial charge in [0.2, 0.25) is 0 Å². The molecule has 25 heavy (non-hydrogen) atoms. The molecule has 0 saturated heterocycles. The molecule has 3 rings (SSSR count). The third-order valence-electron chi connectivity index (χ3n) is 3.42. The van der Waals surface area contributed by atoms with Crippen molar-refractivity contribution in [3.63, 3.8) is 0 Å². The first kappa shape index (κ1) is 17.1. The van der Waals surface area contributed by atoms with Crippen LogP contribution in [0.5, 0.6) is 0 Å². The van der Waals surface area contributed by atoms with Gasteiger partial charge in [0.25, 0.3) is 5.91 Å². The van der Waals surface area contributed by atoms with Gasteiger partial charge >= 0.3 is 0 Å². The number of pyridine rings is 1. The molecule has 0 unspecified atom stereocenters. The van der Waals surface area contributed by atoms with Crippen molar-refractivity contribution in [1.82, 2.24) is 14.8 Å². The molecule has 0 saturated carbocycles. The van der Waals surface area contributed by atoms with E-state index in [-0.39, 0.29) is 16.8 Å². The zero-order valence-corrected chi connectivity index (χ0v) is 14.2. The highest BCUT2D eigenvalue weighted by molar-refractivity contribution is 6.29. The number of hydrogen-bond donors (Lipinski definition) is 1. The van der Waals surface area contributed by atoms with Crippen molar-refractivity contribution in [2.75, 3.05) is 11.9 Å². The van der Waals surface area contributed by atoms with Crippen LogP contribution < -0.4 is 5.32 Å². The molecule has 0 aliphatic heterocycles. The summed E-state index contributed by atoms with van der Waals surface area (Å²) in [5, 5.41) is 7.22. The van der Waals surface area contributed by atoms with Crippen LogP contribution >= 0.6 is 11.6 Å². The average molecular weight is 357 g/mol. The van der Waals surface area contributed by atoms with Gasteiger partial charge in [0.1, 0.15) is 10.8 Å². The lowest BCUT2D eigenvalue weighted by molar-refractivity contribution is 0.102. The van der Waals surface area contributed by atoms with Gasteiger partial charge in [0, 0.05) is 6.20 Å². The van der Waals surface area contributed by atoms with Gasteiger partial charge < -0.3 is 10.1 Å². The highest BCUT2D eigenvalue weighted by atomic mass is 35.5. The van der Waals surface area contributed by atoms with Crippen molar-refractivity contribution in [2.24, 2.45) is 0 Å². The first-order valence-corrected chi connectivity index (χ1v) is 8.16. The molecule has 1 aromatic carbocycles. The van der Waals surface area contributed by atoms with E-state index in [2.05, 4.69) is 15.4 Å². The second-order valence-electron chi connectivity index (χ2n) is 5.33. The van der Waals surface area contributed by atoms with Crippen molar-refractivity contribution in [3.8, 4) is 0 Å². The minimum atomic E-state index is -0.331. The zero-order valence-electron chi connectivity index (χ0n) is 13.4. The fraction of sp³-hybridized carbons (Fsp3) is 0.167. The van der Waals surface area contributed by atoms with E-state index in [0.29, 0.717) is 25.4 Å². The van der Waals surface area contributed by atoms with Gasteiger partial charge in [-0.05, 0) is 17.7 Å². The van der Waals surface area contributed by atoms with Crippen molar-refractivity contribution in [3.05, 3.63) is 77.3 Å². The molecule has 0 radical (unpaired) electrons. The predicted molar refractivity (Wildman–Crippen MR) is 95.5 cm³/mol. The fourth-order valence-corrected chi connectivity index (χ4v) is 2.37. The predicted octanol–water partition coefficient (Wildman–Crippen LogP) is 3.40. The number of carbonyl (C=O) groups excluding carboxylic acids is 1. The number of ether oxygens (including phenoxy) is 1. The Balaban J connectivity index is 1.46. The summed E-state index contributed by atoms with van der Waals surface area (Å²) in [6.45, 7) is 1.68. The largest absolute Gasteiger partial charge is 0.375 e. The summed E-state index contributed by atoms with van der Waals surface area (Å²) in [6.07, 6.45) is 3.33. The van der Waals surface area contributed by atoms with Gasteiger partial charge in [-0.3, -0.25) is 9.48 Å². The number of halogens is 1. The van der Waals surface area contributed by atoms with Gasteiger partial charge in [0.05, 0.1) is 31.6 Å². The number of nitrogens with one attached hydrogen (secondary N) is 1. The molecule has 0 bridgehead atoms. The molecule has 0 atom stereocenters. The van der Waals surface area contributed by atoms with Crippen LogP contribution in [0.15, 0.2) is 60.9 Å². The van der Waals surface area contributed by atoms with Gasteiger partial charge in [0.15, 0.2) is 0 Å². The number of aromatic nitrogens is 3. The Morgan fingerprint density at radius 2 is 2.00 bits per heavy atom. The Kier molecular flexibility index (Phi) is 5.77. The summed E-state index contributed by atoms with van der Waals surface area (Å²) in [4.78, 5) is 16.1. The van der Waals surface area contributed by atoms with Gasteiger partial charge in [-0.25, -0.2) is 4.98 Å². The Hall–Kier alpha value is -2.70. The van der Waals surface area contributed by atoms with E-state index >= 15 is 0 Å². The first-order valence-electron chi connectivity index (χ1n) is 7.79. The third-order valence-corrected chi connectivity index (χ3v) is 3.63. The number of rotatable bonds is 7. The second kappa shape index (κ2) is 8.41. The van der Waals surface area contributed by atoms with Crippen molar-refractivity contribution in [2.45, 2.75) is 13.2 Å². The van der Waals surface area contributed by atoms with Crippen LogP contribution in [0.4, 0.5) is 5.69 Å². The zero-order chi connectivity index (χ0) is 17.5. The number of amides is 1. The number of benzene rings is 1. The molecule has 2 aromatic heterocycles. The lowest BCUT2D eigenvalue weighted by Crippen LogP contribution is -2.13.